The van der Waals surface area contributed by atoms with Crippen molar-refractivity contribution in [3.63, 3.8) is 0 Å². The molecule has 2 aromatic rings. The van der Waals surface area contributed by atoms with Crippen molar-refractivity contribution in [3.8, 4) is 0 Å². The molecule has 132 valence electrons. The van der Waals surface area contributed by atoms with Crippen LogP contribution in [-0.4, -0.2) is 24.4 Å². The van der Waals surface area contributed by atoms with Crippen molar-refractivity contribution < 1.29 is 14.5 Å². The zero-order chi connectivity index (χ0) is 18.1. The van der Waals surface area contributed by atoms with Gasteiger partial charge in [0.1, 0.15) is 11.5 Å². The summed E-state index contributed by atoms with van der Waals surface area (Å²) in [5, 5.41) is 3.97. The monoisotopic (exact) mass is 378 g/mol. The van der Waals surface area contributed by atoms with E-state index in [1.807, 2.05) is 0 Å². The first-order valence-electron chi connectivity index (χ1n) is 8.22. The molecule has 1 aromatic carbocycles. The third kappa shape index (κ3) is 3.71. The molecule has 0 spiro atoms. The summed E-state index contributed by atoms with van der Waals surface area (Å²) in [7, 11) is 0. The van der Waals surface area contributed by atoms with Crippen molar-refractivity contribution in [1.29, 1.82) is 0 Å². The van der Waals surface area contributed by atoms with Crippen molar-refractivity contribution in [3.05, 3.63) is 50.9 Å². The van der Waals surface area contributed by atoms with Crippen LogP contribution in [0.3, 0.4) is 0 Å². The lowest BCUT2D eigenvalue weighted by molar-refractivity contribution is -0.936. The number of benzene rings is 1. The molecule has 2 amide bonds. The second-order valence-corrected chi connectivity index (χ2v) is 8.06. The Morgan fingerprint density at radius 3 is 2.56 bits per heavy atom. The lowest BCUT2D eigenvalue weighted by atomic mass is 10.0. The number of primary amides is 1. The van der Waals surface area contributed by atoms with Gasteiger partial charge in [-0.25, -0.2) is 0 Å². The van der Waals surface area contributed by atoms with Gasteiger partial charge in [-0.05, 0) is 43.7 Å². The molecule has 0 radical (unpaired) electrons. The molecule has 0 fully saturated rings. The SMILES string of the molecule is CC(C)[NH+]1CCc2c(sc(NC(=O)c3ccc(Cl)cc3)c2C(N)=O)C1. The van der Waals surface area contributed by atoms with Crippen molar-refractivity contribution in [2.45, 2.75) is 32.9 Å². The van der Waals surface area contributed by atoms with Crippen LogP contribution < -0.4 is 16.0 Å². The van der Waals surface area contributed by atoms with Crippen LogP contribution in [0.4, 0.5) is 5.00 Å². The van der Waals surface area contributed by atoms with Crippen LogP contribution in [0.25, 0.3) is 0 Å². The molecular formula is C18H21ClN3O2S+. The molecule has 1 aliphatic heterocycles. The number of carbonyl (C=O) groups is 2. The van der Waals surface area contributed by atoms with E-state index in [1.54, 1.807) is 24.3 Å². The molecule has 0 aliphatic carbocycles. The summed E-state index contributed by atoms with van der Waals surface area (Å²) < 4.78 is 0. The number of fused-ring (bicyclic) bond motifs is 1. The van der Waals surface area contributed by atoms with Gasteiger partial charge < -0.3 is 16.0 Å². The van der Waals surface area contributed by atoms with Crippen LogP contribution in [-0.2, 0) is 13.0 Å². The third-order valence-corrected chi connectivity index (χ3v) is 5.97. The van der Waals surface area contributed by atoms with Crippen LogP contribution >= 0.6 is 22.9 Å². The van der Waals surface area contributed by atoms with Gasteiger partial charge in [0.25, 0.3) is 11.8 Å². The first kappa shape index (κ1) is 17.9. The van der Waals surface area contributed by atoms with E-state index < -0.39 is 5.91 Å². The highest BCUT2D eigenvalue weighted by molar-refractivity contribution is 7.17. The summed E-state index contributed by atoms with van der Waals surface area (Å²) in [5.74, 6) is -0.761. The van der Waals surface area contributed by atoms with E-state index >= 15 is 0 Å². The van der Waals surface area contributed by atoms with Crippen molar-refractivity contribution >= 4 is 39.8 Å². The molecule has 4 N–H and O–H groups in total. The number of hydrogen-bond donors (Lipinski definition) is 3. The summed E-state index contributed by atoms with van der Waals surface area (Å²) >= 11 is 7.32. The Kier molecular flexibility index (Phi) is 5.13. The minimum atomic E-state index is -0.489. The fraction of sp³-hybridized carbons (Fsp3) is 0.333. The van der Waals surface area contributed by atoms with E-state index in [0.717, 1.165) is 30.0 Å². The van der Waals surface area contributed by atoms with Gasteiger partial charge in [-0.1, -0.05) is 11.6 Å². The Hall–Kier alpha value is -1.89. The van der Waals surface area contributed by atoms with Gasteiger partial charge in [-0.15, -0.1) is 11.3 Å². The second-order valence-electron chi connectivity index (χ2n) is 6.52. The quantitative estimate of drug-likeness (QED) is 0.762. The number of carbonyl (C=O) groups excluding carboxylic acids is 2. The van der Waals surface area contributed by atoms with E-state index in [-0.39, 0.29) is 5.91 Å². The maximum absolute atomic E-state index is 12.5. The molecule has 25 heavy (non-hydrogen) atoms. The maximum atomic E-state index is 12.5. The number of hydrogen-bond acceptors (Lipinski definition) is 3. The van der Waals surface area contributed by atoms with Gasteiger partial charge in [0.2, 0.25) is 0 Å². The molecule has 3 rings (SSSR count). The Morgan fingerprint density at radius 2 is 1.96 bits per heavy atom. The highest BCUT2D eigenvalue weighted by atomic mass is 35.5. The number of nitrogens with one attached hydrogen (secondary N) is 2. The van der Waals surface area contributed by atoms with Gasteiger partial charge in [0, 0.05) is 17.0 Å². The standard InChI is InChI=1S/C18H20ClN3O2S/c1-10(2)22-8-7-13-14(9-22)25-18(15(13)16(20)23)21-17(24)11-3-5-12(19)6-4-11/h3-6,10H,7-9H2,1-2H3,(H2,20,23)(H,21,24)/p+1. The minimum Gasteiger partial charge on any atom is -0.365 e. The number of quaternary nitrogens is 1. The van der Waals surface area contributed by atoms with E-state index in [2.05, 4.69) is 19.2 Å². The minimum absolute atomic E-state index is 0.272. The van der Waals surface area contributed by atoms with Gasteiger partial charge >= 0.3 is 0 Å². The normalized spacial score (nSPS) is 16.6. The average molecular weight is 379 g/mol. The van der Waals surface area contributed by atoms with Crippen LogP contribution in [0.1, 0.15) is 45.0 Å². The molecule has 0 bridgehead atoms. The number of rotatable bonds is 4. The maximum Gasteiger partial charge on any atom is 0.256 e. The summed E-state index contributed by atoms with van der Waals surface area (Å²) in [5.41, 5.74) is 7.55. The Morgan fingerprint density at radius 1 is 1.28 bits per heavy atom. The highest BCUT2D eigenvalue weighted by Crippen LogP contribution is 2.34. The Labute approximate surface area is 155 Å². The molecule has 5 nitrogen and oxygen atoms in total. The smallest absolute Gasteiger partial charge is 0.256 e. The first-order chi connectivity index (χ1) is 11.9. The molecule has 0 saturated heterocycles. The van der Waals surface area contributed by atoms with Crippen LogP contribution in [0.5, 0.6) is 0 Å². The van der Waals surface area contributed by atoms with E-state index in [4.69, 9.17) is 17.3 Å². The van der Waals surface area contributed by atoms with Crippen LogP contribution in [0.15, 0.2) is 24.3 Å². The lowest BCUT2D eigenvalue weighted by Crippen LogP contribution is -3.14. The van der Waals surface area contributed by atoms with Crippen molar-refractivity contribution in [1.82, 2.24) is 0 Å². The summed E-state index contributed by atoms with van der Waals surface area (Å²) in [6, 6.07) is 7.14. The fourth-order valence-corrected chi connectivity index (χ4v) is 4.54. The van der Waals surface area contributed by atoms with Gasteiger partial charge in [-0.2, -0.15) is 0 Å². The number of anilines is 1. The average Bonchev–Trinajstić information content (AvgIpc) is 2.92. The first-order valence-corrected chi connectivity index (χ1v) is 9.42. The third-order valence-electron chi connectivity index (χ3n) is 4.57. The number of nitrogens with two attached hydrogens (primary N) is 1. The highest BCUT2D eigenvalue weighted by Gasteiger charge is 2.30. The Bertz CT molecular complexity index is 814. The fourth-order valence-electron chi connectivity index (χ4n) is 3.12. The molecule has 7 heteroatoms. The Balaban J connectivity index is 1.90. The van der Waals surface area contributed by atoms with Crippen molar-refractivity contribution in [2.24, 2.45) is 5.73 Å². The molecular weight excluding hydrogens is 358 g/mol. The van der Waals surface area contributed by atoms with Gasteiger partial charge in [0.05, 0.1) is 23.0 Å². The summed E-state index contributed by atoms with van der Waals surface area (Å²) in [6.45, 7) is 6.19. The summed E-state index contributed by atoms with van der Waals surface area (Å²) in [6.07, 6.45) is 0.800. The molecule has 0 saturated carbocycles. The van der Waals surface area contributed by atoms with Crippen molar-refractivity contribution in [2.75, 3.05) is 11.9 Å². The molecule has 2 heterocycles. The number of halogens is 1. The van der Waals surface area contributed by atoms with E-state index in [0.29, 0.717) is 27.2 Å². The second kappa shape index (κ2) is 7.15. The topological polar surface area (TPSA) is 76.6 Å². The lowest BCUT2D eigenvalue weighted by Gasteiger charge is -2.27. The molecule has 1 atom stereocenters. The van der Waals surface area contributed by atoms with Gasteiger partial charge in [0.15, 0.2) is 0 Å². The van der Waals surface area contributed by atoms with E-state index in [1.165, 1.54) is 16.2 Å². The largest absolute Gasteiger partial charge is 0.365 e. The summed E-state index contributed by atoms with van der Waals surface area (Å²) in [4.78, 5) is 27.1. The molecule has 1 unspecified atom stereocenters. The van der Waals surface area contributed by atoms with Crippen LogP contribution in [0.2, 0.25) is 5.02 Å². The zero-order valence-corrected chi connectivity index (χ0v) is 15.8. The molecule has 1 aromatic heterocycles. The molecule has 1 aliphatic rings. The number of thiophene rings is 1. The van der Waals surface area contributed by atoms with E-state index in [9.17, 15) is 9.59 Å². The van der Waals surface area contributed by atoms with Crippen LogP contribution in [0, 0.1) is 0 Å². The zero-order valence-electron chi connectivity index (χ0n) is 14.2. The van der Waals surface area contributed by atoms with Gasteiger partial charge in [-0.3, -0.25) is 9.59 Å². The predicted molar refractivity (Wildman–Crippen MR) is 101 cm³/mol. The predicted octanol–water partition coefficient (Wildman–Crippen LogP) is 2.10. The number of amides is 2.